The number of likely N-dealkylation sites (N-methyl/N-ethyl adjacent to an activating group) is 2. The molecule has 1 aromatic rings. The van der Waals surface area contributed by atoms with E-state index in [2.05, 4.69) is 58.3 Å². The average Bonchev–Trinajstić information content (AvgIpc) is 3.49. The number of hydrogen-bond donors (Lipinski definition) is 2. The lowest BCUT2D eigenvalue weighted by molar-refractivity contribution is -0.140. The summed E-state index contributed by atoms with van der Waals surface area (Å²) in [4.78, 5) is 42.0. The van der Waals surface area contributed by atoms with Gasteiger partial charge in [0.15, 0.2) is 0 Å². The molecule has 3 amide bonds. The average molecular weight is 601 g/mol. The van der Waals surface area contributed by atoms with Crippen molar-refractivity contribution < 1.29 is 19.1 Å². The minimum atomic E-state index is -0.644. The minimum Gasteiger partial charge on any atom is -0.375 e. The number of nitrogens with one attached hydrogen (secondary N) is 2. The van der Waals surface area contributed by atoms with Crippen LogP contribution in [0.3, 0.4) is 0 Å². The van der Waals surface area contributed by atoms with Crippen LogP contribution in [0.1, 0.15) is 87.1 Å². The predicted molar refractivity (Wildman–Crippen MR) is 177 cm³/mol. The summed E-state index contributed by atoms with van der Waals surface area (Å²) in [6, 6.07) is 8.84. The van der Waals surface area contributed by atoms with Crippen molar-refractivity contribution >= 4 is 17.7 Å². The number of amides is 3. The first-order valence-electron chi connectivity index (χ1n) is 15.8. The van der Waals surface area contributed by atoms with Crippen LogP contribution in [0.25, 0.3) is 0 Å². The standard InChI is InChI=1S/C28H47N3O2.C7H13NO2/c1-12-20(4)18-22(19(2)3)31(11)26(33)24(27(5,6)7)30-25(32)23(29-10)28(8,9)21-16-14-13-15-17-21;1-10-6-7(9)8-4-2-3-5-8/h13-19,22-24,29H,12H2,1-11H3,(H,30,32);2-6H2,1H3/b20-18+;/t22-,23-,24-;/m1./s1. The van der Waals surface area contributed by atoms with Crippen LogP contribution in [0.15, 0.2) is 42.0 Å². The third-order valence-corrected chi connectivity index (χ3v) is 8.41. The van der Waals surface area contributed by atoms with Crippen LogP contribution in [0.4, 0.5) is 0 Å². The fourth-order valence-electron chi connectivity index (χ4n) is 5.42. The fraction of sp³-hybridized carbons (Fsp3) is 0.686. The Hall–Kier alpha value is -2.71. The van der Waals surface area contributed by atoms with Gasteiger partial charge < -0.3 is 25.2 Å². The summed E-state index contributed by atoms with van der Waals surface area (Å²) in [5.74, 6) is 0.148. The number of nitrogens with zero attached hydrogens (tertiary/aromatic N) is 2. The van der Waals surface area contributed by atoms with Crippen LogP contribution >= 0.6 is 0 Å². The molecule has 0 spiro atoms. The Kier molecular flexibility index (Phi) is 15.6. The van der Waals surface area contributed by atoms with Gasteiger partial charge in [0.25, 0.3) is 0 Å². The Labute approximate surface area is 262 Å². The molecule has 0 saturated carbocycles. The second kappa shape index (κ2) is 17.6. The Morgan fingerprint density at radius 2 is 1.58 bits per heavy atom. The normalized spacial score (nSPS) is 16.2. The van der Waals surface area contributed by atoms with Gasteiger partial charge in [-0.25, -0.2) is 0 Å². The summed E-state index contributed by atoms with van der Waals surface area (Å²) >= 11 is 0. The molecule has 1 aliphatic heterocycles. The summed E-state index contributed by atoms with van der Waals surface area (Å²) in [7, 11) is 5.19. The van der Waals surface area contributed by atoms with E-state index in [0.29, 0.717) is 0 Å². The maximum Gasteiger partial charge on any atom is 0.248 e. The highest BCUT2D eigenvalue weighted by Crippen LogP contribution is 2.29. The zero-order chi connectivity index (χ0) is 33.0. The number of rotatable bonds is 12. The van der Waals surface area contributed by atoms with Crippen molar-refractivity contribution in [3.05, 3.63) is 47.5 Å². The van der Waals surface area contributed by atoms with Crippen LogP contribution < -0.4 is 10.6 Å². The number of hydrogen-bond acceptors (Lipinski definition) is 5. The highest BCUT2D eigenvalue weighted by molar-refractivity contribution is 5.91. The molecule has 1 aliphatic rings. The Balaban J connectivity index is 0.000000775. The van der Waals surface area contributed by atoms with Gasteiger partial charge >= 0.3 is 0 Å². The third-order valence-electron chi connectivity index (χ3n) is 8.41. The molecule has 8 nitrogen and oxygen atoms in total. The molecular weight excluding hydrogens is 540 g/mol. The van der Waals surface area contributed by atoms with Gasteiger partial charge in [-0.15, -0.1) is 0 Å². The molecule has 3 atom stereocenters. The highest BCUT2D eigenvalue weighted by atomic mass is 16.5. The molecule has 0 radical (unpaired) electrons. The van der Waals surface area contributed by atoms with E-state index in [4.69, 9.17) is 4.74 Å². The van der Waals surface area contributed by atoms with Gasteiger partial charge in [0, 0.05) is 32.7 Å². The number of allylic oxidation sites excluding steroid dienone is 1. The van der Waals surface area contributed by atoms with E-state index in [1.165, 1.54) is 5.57 Å². The number of likely N-dealkylation sites (tertiary alicyclic amines) is 1. The summed E-state index contributed by atoms with van der Waals surface area (Å²) in [5.41, 5.74) is 1.42. The summed E-state index contributed by atoms with van der Waals surface area (Å²) in [6.07, 6.45) is 5.42. The molecule has 43 heavy (non-hydrogen) atoms. The molecule has 0 bridgehead atoms. The second-order valence-electron chi connectivity index (χ2n) is 13.7. The van der Waals surface area contributed by atoms with Gasteiger partial charge in [-0.2, -0.15) is 0 Å². The predicted octanol–water partition coefficient (Wildman–Crippen LogP) is 5.18. The van der Waals surface area contributed by atoms with Gasteiger partial charge in [-0.05, 0) is 50.1 Å². The molecule has 2 rings (SSSR count). The number of ether oxygens (including phenoxy) is 1. The van der Waals surface area contributed by atoms with Crippen LogP contribution in [0.5, 0.6) is 0 Å². The zero-order valence-corrected chi connectivity index (χ0v) is 29.0. The lowest BCUT2D eigenvalue weighted by Crippen LogP contribution is -2.61. The quantitative estimate of drug-likeness (QED) is 0.323. The van der Waals surface area contributed by atoms with E-state index < -0.39 is 22.9 Å². The largest absolute Gasteiger partial charge is 0.375 e. The summed E-state index contributed by atoms with van der Waals surface area (Å²) < 4.78 is 4.72. The SMILES string of the molecule is CC/C(C)=C/[C@H](C(C)C)N(C)C(=O)[C@@H](NC(=O)[C@@H](NC)C(C)(C)c1ccccc1)C(C)(C)C.COCC(=O)N1CCCC1. The molecule has 244 valence electrons. The lowest BCUT2D eigenvalue weighted by atomic mass is 9.76. The zero-order valence-electron chi connectivity index (χ0n) is 29.0. The van der Waals surface area contributed by atoms with E-state index in [0.717, 1.165) is 37.9 Å². The molecule has 1 aromatic carbocycles. The minimum absolute atomic E-state index is 0.0277. The highest BCUT2D eigenvalue weighted by Gasteiger charge is 2.41. The molecule has 1 saturated heterocycles. The van der Waals surface area contributed by atoms with Crippen molar-refractivity contribution in [2.24, 2.45) is 11.3 Å². The summed E-state index contributed by atoms with van der Waals surface area (Å²) in [5, 5.41) is 6.31. The first kappa shape index (κ1) is 38.3. The molecule has 0 aliphatic carbocycles. The number of benzene rings is 1. The monoisotopic (exact) mass is 600 g/mol. The molecule has 2 N–H and O–H groups in total. The maximum absolute atomic E-state index is 13.7. The number of carbonyl (C=O) groups excluding carboxylic acids is 3. The van der Waals surface area contributed by atoms with Crippen molar-refractivity contribution in [1.82, 2.24) is 20.4 Å². The van der Waals surface area contributed by atoms with Crippen molar-refractivity contribution in [2.45, 2.75) is 105 Å². The van der Waals surface area contributed by atoms with Crippen LogP contribution in [-0.2, 0) is 24.5 Å². The van der Waals surface area contributed by atoms with Crippen LogP contribution in [0.2, 0.25) is 0 Å². The van der Waals surface area contributed by atoms with E-state index in [1.807, 2.05) is 63.1 Å². The second-order valence-corrected chi connectivity index (χ2v) is 13.7. The molecule has 8 heteroatoms. The summed E-state index contributed by atoms with van der Waals surface area (Å²) in [6.45, 7) is 20.6. The Morgan fingerprint density at radius 1 is 1.02 bits per heavy atom. The molecule has 1 fully saturated rings. The fourth-order valence-corrected chi connectivity index (χ4v) is 5.42. The van der Waals surface area contributed by atoms with Crippen molar-refractivity contribution in [3.63, 3.8) is 0 Å². The Bertz CT molecular complexity index is 1040. The van der Waals surface area contributed by atoms with Crippen LogP contribution in [-0.4, -0.2) is 86.5 Å². The van der Waals surface area contributed by atoms with Crippen LogP contribution in [0, 0.1) is 11.3 Å². The maximum atomic E-state index is 13.7. The van der Waals surface area contributed by atoms with Gasteiger partial charge in [-0.1, -0.05) is 97.4 Å². The van der Waals surface area contributed by atoms with E-state index >= 15 is 0 Å². The molecule has 0 aromatic heterocycles. The van der Waals surface area contributed by atoms with Crippen molar-refractivity contribution in [2.75, 3.05) is 40.9 Å². The molecular formula is C35H60N4O4. The first-order valence-corrected chi connectivity index (χ1v) is 15.8. The van der Waals surface area contributed by atoms with Gasteiger partial charge in [0.2, 0.25) is 17.7 Å². The number of carbonyl (C=O) groups is 3. The van der Waals surface area contributed by atoms with Crippen molar-refractivity contribution in [3.8, 4) is 0 Å². The Morgan fingerprint density at radius 3 is 2.02 bits per heavy atom. The molecule has 1 heterocycles. The van der Waals surface area contributed by atoms with Crippen molar-refractivity contribution in [1.29, 1.82) is 0 Å². The van der Waals surface area contributed by atoms with Gasteiger partial charge in [0.05, 0.1) is 12.1 Å². The number of methoxy groups -OCH3 is 1. The van der Waals surface area contributed by atoms with Gasteiger partial charge in [-0.3, -0.25) is 14.4 Å². The molecule has 0 unspecified atom stereocenters. The lowest BCUT2D eigenvalue weighted by Gasteiger charge is -2.40. The third kappa shape index (κ3) is 11.4. The van der Waals surface area contributed by atoms with E-state index in [9.17, 15) is 14.4 Å². The topological polar surface area (TPSA) is 91.0 Å². The van der Waals surface area contributed by atoms with Gasteiger partial charge in [0.1, 0.15) is 12.6 Å². The first-order chi connectivity index (χ1) is 20.0. The smallest absolute Gasteiger partial charge is 0.248 e. The van der Waals surface area contributed by atoms with E-state index in [-0.39, 0.29) is 36.3 Å². The van der Waals surface area contributed by atoms with E-state index in [1.54, 1.807) is 19.1 Å².